The van der Waals surface area contributed by atoms with Gasteiger partial charge in [0.15, 0.2) is 0 Å². The van der Waals surface area contributed by atoms with Crippen molar-refractivity contribution in [3.63, 3.8) is 0 Å². The van der Waals surface area contributed by atoms with Gasteiger partial charge in [-0.2, -0.15) is 0 Å². The fourth-order valence-corrected chi connectivity index (χ4v) is 2.63. The molecule has 0 heterocycles. The molecular formula is C18H31N3O. The van der Waals surface area contributed by atoms with Gasteiger partial charge in [0.1, 0.15) is 0 Å². The molecule has 1 amide bonds. The monoisotopic (exact) mass is 305 g/mol. The SMILES string of the molecule is CCN(CC)Cc1cccc(CN(CC)CC)c1NC(C)=O. The zero-order valence-corrected chi connectivity index (χ0v) is 14.8. The zero-order chi connectivity index (χ0) is 16.5. The Hall–Kier alpha value is -1.39. The minimum Gasteiger partial charge on any atom is -0.326 e. The summed E-state index contributed by atoms with van der Waals surface area (Å²) in [6.07, 6.45) is 0. The highest BCUT2D eigenvalue weighted by Gasteiger charge is 2.13. The molecule has 1 N–H and O–H groups in total. The first-order chi connectivity index (χ1) is 10.5. The number of anilines is 1. The molecule has 0 aliphatic carbocycles. The normalized spacial score (nSPS) is 11.2. The van der Waals surface area contributed by atoms with Crippen LogP contribution in [0.5, 0.6) is 0 Å². The molecule has 1 aromatic carbocycles. The zero-order valence-electron chi connectivity index (χ0n) is 14.8. The minimum atomic E-state index is -0.00667. The Bertz CT molecular complexity index is 433. The lowest BCUT2D eigenvalue weighted by Crippen LogP contribution is -2.25. The van der Waals surface area contributed by atoms with Crippen LogP contribution in [0, 0.1) is 0 Å². The van der Waals surface area contributed by atoms with Gasteiger partial charge in [0.2, 0.25) is 5.91 Å². The van der Waals surface area contributed by atoms with Gasteiger partial charge in [-0.25, -0.2) is 0 Å². The highest BCUT2D eigenvalue weighted by Crippen LogP contribution is 2.24. The van der Waals surface area contributed by atoms with Crippen molar-refractivity contribution in [2.75, 3.05) is 31.5 Å². The topological polar surface area (TPSA) is 35.6 Å². The molecular weight excluding hydrogens is 274 g/mol. The summed E-state index contributed by atoms with van der Waals surface area (Å²) in [6.45, 7) is 16.0. The molecule has 124 valence electrons. The van der Waals surface area contributed by atoms with Gasteiger partial charge >= 0.3 is 0 Å². The first-order valence-electron chi connectivity index (χ1n) is 8.38. The lowest BCUT2D eigenvalue weighted by molar-refractivity contribution is -0.114. The van der Waals surface area contributed by atoms with E-state index in [2.05, 4.69) is 61.0 Å². The molecule has 4 heteroatoms. The lowest BCUT2D eigenvalue weighted by atomic mass is 10.1. The summed E-state index contributed by atoms with van der Waals surface area (Å²) >= 11 is 0. The van der Waals surface area contributed by atoms with Crippen LogP contribution >= 0.6 is 0 Å². The van der Waals surface area contributed by atoms with E-state index in [1.165, 1.54) is 11.1 Å². The predicted octanol–water partition coefficient (Wildman–Crippen LogP) is 3.33. The number of benzene rings is 1. The van der Waals surface area contributed by atoms with Gasteiger partial charge in [0.25, 0.3) is 0 Å². The smallest absolute Gasteiger partial charge is 0.221 e. The van der Waals surface area contributed by atoms with E-state index in [9.17, 15) is 4.79 Å². The fourth-order valence-electron chi connectivity index (χ4n) is 2.63. The Morgan fingerprint density at radius 2 is 1.32 bits per heavy atom. The van der Waals surface area contributed by atoms with Crippen LogP contribution in [0.25, 0.3) is 0 Å². The van der Waals surface area contributed by atoms with Crippen LogP contribution in [-0.4, -0.2) is 41.9 Å². The van der Waals surface area contributed by atoms with Gasteiger partial charge in [0.05, 0.1) is 0 Å². The van der Waals surface area contributed by atoms with Crippen LogP contribution in [0.3, 0.4) is 0 Å². The highest BCUT2D eigenvalue weighted by molar-refractivity contribution is 5.90. The van der Waals surface area contributed by atoms with E-state index in [-0.39, 0.29) is 5.91 Å². The van der Waals surface area contributed by atoms with Crippen LogP contribution in [0.2, 0.25) is 0 Å². The molecule has 0 spiro atoms. The molecule has 0 aromatic heterocycles. The second-order valence-electron chi connectivity index (χ2n) is 5.56. The highest BCUT2D eigenvalue weighted by atomic mass is 16.1. The molecule has 0 atom stereocenters. The number of carbonyl (C=O) groups excluding carboxylic acids is 1. The number of hydrogen-bond acceptors (Lipinski definition) is 3. The molecule has 22 heavy (non-hydrogen) atoms. The predicted molar refractivity (Wildman–Crippen MR) is 94.0 cm³/mol. The Balaban J connectivity index is 3.11. The number of hydrogen-bond donors (Lipinski definition) is 1. The molecule has 1 rings (SSSR count). The maximum Gasteiger partial charge on any atom is 0.221 e. The number of nitrogens with zero attached hydrogens (tertiary/aromatic N) is 2. The molecule has 0 aliphatic heterocycles. The summed E-state index contributed by atoms with van der Waals surface area (Å²) in [6, 6.07) is 6.34. The van der Waals surface area contributed by atoms with Crippen LogP contribution < -0.4 is 5.32 Å². The molecule has 4 nitrogen and oxygen atoms in total. The van der Waals surface area contributed by atoms with E-state index in [1.807, 2.05) is 0 Å². The quantitative estimate of drug-likeness (QED) is 0.760. The Morgan fingerprint density at radius 3 is 1.64 bits per heavy atom. The first-order valence-corrected chi connectivity index (χ1v) is 8.38. The average molecular weight is 305 g/mol. The Labute approximate surface area is 135 Å². The number of rotatable bonds is 9. The third kappa shape index (κ3) is 5.43. The third-order valence-electron chi connectivity index (χ3n) is 4.11. The Kier molecular flexibility index (Phi) is 8.13. The molecule has 1 aromatic rings. The minimum absolute atomic E-state index is 0.00667. The molecule has 0 bridgehead atoms. The second-order valence-corrected chi connectivity index (χ2v) is 5.56. The van der Waals surface area contributed by atoms with Gasteiger partial charge in [-0.15, -0.1) is 0 Å². The van der Waals surface area contributed by atoms with Gasteiger partial charge in [-0.3, -0.25) is 14.6 Å². The van der Waals surface area contributed by atoms with Crippen molar-refractivity contribution in [3.8, 4) is 0 Å². The van der Waals surface area contributed by atoms with Crippen molar-refractivity contribution in [1.29, 1.82) is 0 Å². The number of para-hydroxylation sites is 1. The van der Waals surface area contributed by atoms with Crippen molar-refractivity contribution in [3.05, 3.63) is 29.3 Å². The van der Waals surface area contributed by atoms with Crippen LogP contribution in [0.4, 0.5) is 5.69 Å². The first kappa shape index (κ1) is 18.7. The number of nitrogens with one attached hydrogen (secondary N) is 1. The van der Waals surface area contributed by atoms with E-state index >= 15 is 0 Å². The standard InChI is InChI=1S/C18H31N3O/c1-6-20(7-2)13-16-11-10-12-17(14-21(8-3)9-4)18(16)19-15(5)22/h10-12H,6-9,13-14H2,1-5H3,(H,19,22). The summed E-state index contributed by atoms with van der Waals surface area (Å²) < 4.78 is 0. The van der Waals surface area contributed by atoms with Crippen LogP contribution in [0.15, 0.2) is 18.2 Å². The molecule has 0 saturated carbocycles. The van der Waals surface area contributed by atoms with Crippen molar-refractivity contribution < 1.29 is 4.79 Å². The van der Waals surface area contributed by atoms with Crippen molar-refractivity contribution in [1.82, 2.24) is 9.80 Å². The van der Waals surface area contributed by atoms with Gasteiger partial charge in [0, 0.05) is 25.7 Å². The number of carbonyl (C=O) groups is 1. The molecule has 0 radical (unpaired) electrons. The third-order valence-corrected chi connectivity index (χ3v) is 4.11. The largest absolute Gasteiger partial charge is 0.326 e. The maximum absolute atomic E-state index is 11.6. The van der Waals surface area contributed by atoms with Crippen molar-refractivity contribution in [2.45, 2.75) is 47.7 Å². The van der Waals surface area contributed by atoms with Crippen molar-refractivity contribution >= 4 is 11.6 Å². The van der Waals surface area contributed by atoms with E-state index in [1.54, 1.807) is 6.92 Å². The van der Waals surface area contributed by atoms with E-state index < -0.39 is 0 Å². The van der Waals surface area contributed by atoms with Crippen LogP contribution in [0.1, 0.15) is 45.7 Å². The van der Waals surface area contributed by atoms with Gasteiger partial charge in [-0.05, 0) is 37.3 Å². The maximum atomic E-state index is 11.6. The summed E-state index contributed by atoms with van der Waals surface area (Å²) in [5.41, 5.74) is 3.39. The fraction of sp³-hybridized carbons (Fsp3) is 0.611. The van der Waals surface area contributed by atoms with Crippen LogP contribution in [-0.2, 0) is 17.9 Å². The van der Waals surface area contributed by atoms with E-state index in [0.29, 0.717) is 0 Å². The second kappa shape index (κ2) is 9.59. The molecule has 0 unspecified atom stereocenters. The average Bonchev–Trinajstić information content (AvgIpc) is 2.51. The molecule has 0 fully saturated rings. The summed E-state index contributed by atoms with van der Waals surface area (Å²) in [7, 11) is 0. The van der Waals surface area contributed by atoms with Crippen molar-refractivity contribution in [2.24, 2.45) is 0 Å². The van der Waals surface area contributed by atoms with E-state index in [4.69, 9.17) is 0 Å². The number of amides is 1. The summed E-state index contributed by atoms with van der Waals surface area (Å²) in [5, 5.41) is 3.06. The van der Waals surface area contributed by atoms with Gasteiger partial charge < -0.3 is 5.32 Å². The van der Waals surface area contributed by atoms with Gasteiger partial charge in [-0.1, -0.05) is 45.9 Å². The molecule has 0 aliphatic rings. The lowest BCUT2D eigenvalue weighted by Gasteiger charge is -2.24. The Morgan fingerprint density at radius 1 is 0.909 bits per heavy atom. The summed E-state index contributed by atoms with van der Waals surface area (Å²) in [5.74, 6) is -0.00667. The molecule has 0 saturated heterocycles. The summed E-state index contributed by atoms with van der Waals surface area (Å²) in [4.78, 5) is 16.4. The van der Waals surface area contributed by atoms with E-state index in [0.717, 1.165) is 45.0 Å².